The summed E-state index contributed by atoms with van der Waals surface area (Å²) in [5, 5.41) is 13.4. The predicted octanol–water partition coefficient (Wildman–Crippen LogP) is 1.47. The fourth-order valence-corrected chi connectivity index (χ4v) is 1.90. The van der Waals surface area contributed by atoms with E-state index >= 15 is 0 Å². The molecule has 9 heteroatoms. The molecule has 9 nitrogen and oxygen atoms in total. The molecule has 1 N–H and O–H groups in total. The molecule has 0 aliphatic carbocycles. The molecule has 1 aromatic heterocycles. The summed E-state index contributed by atoms with van der Waals surface area (Å²) in [6.07, 6.45) is 1.27. The van der Waals surface area contributed by atoms with Crippen LogP contribution in [0.25, 0.3) is 0 Å². The number of methoxy groups -OCH3 is 1. The number of carbonyl (C=O) groups excluding carboxylic acids is 2. The van der Waals surface area contributed by atoms with Gasteiger partial charge in [0.25, 0.3) is 5.91 Å². The fraction of sp³-hybridized carbons (Fsp3) is 0.188. The van der Waals surface area contributed by atoms with Gasteiger partial charge in [-0.25, -0.2) is 4.79 Å². The zero-order chi connectivity index (χ0) is 18.2. The highest BCUT2D eigenvalue weighted by atomic mass is 16.6. The second-order valence-corrected chi connectivity index (χ2v) is 4.84. The van der Waals surface area contributed by atoms with E-state index in [9.17, 15) is 19.7 Å². The summed E-state index contributed by atoms with van der Waals surface area (Å²) in [5.74, 6) is -1.42. The van der Waals surface area contributed by atoms with Gasteiger partial charge >= 0.3 is 11.8 Å². The first-order chi connectivity index (χ1) is 12.0. The van der Waals surface area contributed by atoms with Gasteiger partial charge in [0.1, 0.15) is 6.20 Å². The van der Waals surface area contributed by atoms with Crippen LogP contribution in [-0.4, -0.2) is 35.5 Å². The van der Waals surface area contributed by atoms with E-state index in [1.165, 1.54) is 25.4 Å². The SMILES string of the molecule is COC(=O)c1ccc(CNC(=O)COc2cccnc2[N+](=O)[O-])cc1. The van der Waals surface area contributed by atoms with Gasteiger partial charge in [0.15, 0.2) is 6.61 Å². The molecule has 130 valence electrons. The molecular weight excluding hydrogens is 330 g/mol. The van der Waals surface area contributed by atoms with Crippen molar-refractivity contribution < 1.29 is 24.0 Å². The highest BCUT2D eigenvalue weighted by molar-refractivity contribution is 5.89. The van der Waals surface area contributed by atoms with Crippen LogP contribution in [0.5, 0.6) is 5.75 Å². The Labute approximate surface area is 142 Å². The van der Waals surface area contributed by atoms with E-state index in [0.29, 0.717) is 5.56 Å². The molecule has 0 fully saturated rings. The van der Waals surface area contributed by atoms with Crippen molar-refractivity contribution in [3.8, 4) is 5.75 Å². The molecular formula is C16H15N3O6. The second-order valence-electron chi connectivity index (χ2n) is 4.84. The molecule has 1 amide bonds. The maximum absolute atomic E-state index is 11.8. The quantitative estimate of drug-likeness (QED) is 0.458. The van der Waals surface area contributed by atoms with Gasteiger partial charge in [-0.3, -0.25) is 4.79 Å². The molecule has 0 aliphatic heterocycles. The molecule has 0 aliphatic rings. The van der Waals surface area contributed by atoms with Gasteiger partial charge in [-0.2, -0.15) is 0 Å². The smallest absolute Gasteiger partial charge is 0.406 e. The van der Waals surface area contributed by atoms with Crippen LogP contribution in [0.2, 0.25) is 0 Å². The van der Waals surface area contributed by atoms with Gasteiger partial charge in [-0.1, -0.05) is 12.1 Å². The minimum atomic E-state index is -0.684. The van der Waals surface area contributed by atoms with Crippen LogP contribution in [0.4, 0.5) is 5.82 Å². The number of ether oxygens (including phenoxy) is 2. The molecule has 0 unspecified atom stereocenters. The summed E-state index contributed by atoms with van der Waals surface area (Å²) >= 11 is 0. The summed E-state index contributed by atoms with van der Waals surface area (Å²) in [5.41, 5.74) is 1.18. The number of hydrogen-bond donors (Lipinski definition) is 1. The molecule has 1 aromatic carbocycles. The average molecular weight is 345 g/mol. The Kier molecular flexibility index (Phi) is 5.99. The zero-order valence-electron chi connectivity index (χ0n) is 13.3. The number of esters is 1. The normalized spacial score (nSPS) is 9.96. The van der Waals surface area contributed by atoms with E-state index < -0.39 is 22.6 Å². The summed E-state index contributed by atoms with van der Waals surface area (Å²) in [4.78, 5) is 36.8. The van der Waals surface area contributed by atoms with Crippen molar-refractivity contribution >= 4 is 17.7 Å². The number of carbonyl (C=O) groups is 2. The summed E-state index contributed by atoms with van der Waals surface area (Å²) in [7, 11) is 1.29. The van der Waals surface area contributed by atoms with Crippen molar-refractivity contribution in [1.29, 1.82) is 0 Å². The third kappa shape index (κ3) is 4.99. The molecule has 1 heterocycles. The van der Waals surface area contributed by atoms with Crippen molar-refractivity contribution in [2.45, 2.75) is 6.54 Å². The van der Waals surface area contributed by atoms with Crippen LogP contribution < -0.4 is 10.1 Å². The Morgan fingerprint density at radius 2 is 1.96 bits per heavy atom. The van der Waals surface area contributed by atoms with Gasteiger partial charge in [-0.05, 0) is 39.7 Å². The monoisotopic (exact) mass is 345 g/mol. The number of rotatable bonds is 7. The van der Waals surface area contributed by atoms with E-state index in [2.05, 4.69) is 15.0 Å². The number of nitrogens with zero attached hydrogens (tertiary/aromatic N) is 2. The number of aromatic nitrogens is 1. The Bertz CT molecular complexity index is 776. The van der Waals surface area contributed by atoms with Gasteiger partial charge in [-0.15, -0.1) is 0 Å². The number of nitro groups is 1. The standard InChI is InChI=1S/C16H15N3O6/c1-24-16(21)12-6-4-11(5-7-12)9-18-14(20)10-25-13-3-2-8-17-15(13)19(22)23/h2-8H,9-10H2,1H3,(H,18,20). The van der Waals surface area contributed by atoms with Gasteiger partial charge < -0.3 is 24.9 Å². The largest absolute Gasteiger partial charge is 0.476 e. The summed E-state index contributed by atoms with van der Waals surface area (Å²) in [6, 6.07) is 9.37. The van der Waals surface area contributed by atoms with Crippen molar-refractivity contribution in [2.24, 2.45) is 0 Å². The van der Waals surface area contributed by atoms with Gasteiger partial charge in [0.2, 0.25) is 5.75 Å². The van der Waals surface area contributed by atoms with Crippen molar-refractivity contribution in [3.05, 3.63) is 63.8 Å². The highest BCUT2D eigenvalue weighted by Crippen LogP contribution is 2.22. The van der Waals surface area contributed by atoms with E-state index in [4.69, 9.17) is 4.74 Å². The molecule has 2 aromatic rings. The number of hydrogen-bond acceptors (Lipinski definition) is 7. The fourth-order valence-electron chi connectivity index (χ4n) is 1.90. The lowest BCUT2D eigenvalue weighted by atomic mass is 10.1. The highest BCUT2D eigenvalue weighted by Gasteiger charge is 2.16. The minimum Gasteiger partial charge on any atom is -0.476 e. The summed E-state index contributed by atoms with van der Waals surface area (Å²) in [6.45, 7) is -0.161. The Morgan fingerprint density at radius 3 is 2.60 bits per heavy atom. The first kappa shape index (κ1) is 17.9. The molecule has 25 heavy (non-hydrogen) atoms. The topological polar surface area (TPSA) is 121 Å². The van der Waals surface area contributed by atoms with Crippen molar-refractivity contribution in [1.82, 2.24) is 10.3 Å². The Hall–Kier alpha value is -3.49. The van der Waals surface area contributed by atoms with E-state index in [-0.39, 0.29) is 18.9 Å². The lowest BCUT2D eigenvalue weighted by Crippen LogP contribution is -2.28. The van der Waals surface area contributed by atoms with Crippen LogP contribution in [0, 0.1) is 10.1 Å². The lowest BCUT2D eigenvalue weighted by Gasteiger charge is -2.08. The molecule has 0 spiro atoms. The maximum Gasteiger partial charge on any atom is 0.406 e. The first-order valence-electron chi connectivity index (χ1n) is 7.17. The molecule has 0 saturated heterocycles. The average Bonchev–Trinajstić information content (AvgIpc) is 2.64. The molecule has 0 bridgehead atoms. The lowest BCUT2D eigenvalue weighted by molar-refractivity contribution is -0.390. The number of benzene rings is 1. The summed E-state index contributed by atoms with van der Waals surface area (Å²) < 4.78 is 9.73. The third-order valence-corrected chi connectivity index (χ3v) is 3.15. The molecule has 0 atom stereocenters. The zero-order valence-corrected chi connectivity index (χ0v) is 13.3. The van der Waals surface area contributed by atoms with Crippen LogP contribution in [0.15, 0.2) is 42.6 Å². The third-order valence-electron chi connectivity index (χ3n) is 3.15. The van der Waals surface area contributed by atoms with Crippen molar-refractivity contribution in [2.75, 3.05) is 13.7 Å². The van der Waals surface area contributed by atoms with E-state index in [0.717, 1.165) is 5.56 Å². The van der Waals surface area contributed by atoms with Crippen LogP contribution in [0.3, 0.4) is 0 Å². The van der Waals surface area contributed by atoms with Gasteiger partial charge in [0.05, 0.1) is 12.7 Å². The maximum atomic E-state index is 11.8. The van der Waals surface area contributed by atoms with Crippen LogP contribution in [-0.2, 0) is 16.1 Å². The van der Waals surface area contributed by atoms with E-state index in [1.807, 2.05) is 0 Å². The predicted molar refractivity (Wildman–Crippen MR) is 86.0 cm³/mol. The molecule has 0 radical (unpaired) electrons. The minimum absolute atomic E-state index is 0.0786. The Morgan fingerprint density at radius 1 is 1.24 bits per heavy atom. The van der Waals surface area contributed by atoms with Gasteiger partial charge in [0, 0.05) is 6.54 Å². The molecule has 2 rings (SSSR count). The number of pyridine rings is 1. The first-order valence-corrected chi connectivity index (χ1v) is 7.17. The van der Waals surface area contributed by atoms with Crippen LogP contribution >= 0.6 is 0 Å². The number of nitrogens with one attached hydrogen (secondary N) is 1. The Balaban J connectivity index is 1.85. The second kappa shape index (κ2) is 8.39. The van der Waals surface area contributed by atoms with Crippen molar-refractivity contribution in [3.63, 3.8) is 0 Å². The molecule has 0 saturated carbocycles. The van der Waals surface area contributed by atoms with Crippen LogP contribution in [0.1, 0.15) is 15.9 Å². The van der Waals surface area contributed by atoms with E-state index in [1.54, 1.807) is 24.3 Å². The number of amides is 1.